The zero-order valence-corrected chi connectivity index (χ0v) is 11.7. The SMILES string of the molecule is C=C1CC(C(C)(C)C2=CCC(=O)C(=C)C2)=CCC1=O. The highest BCUT2D eigenvalue weighted by Crippen LogP contribution is 2.43. The van der Waals surface area contributed by atoms with Crippen LogP contribution in [-0.4, -0.2) is 11.6 Å². The van der Waals surface area contributed by atoms with E-state index in [9.17, 15) is 9.59 Å². The lowest BCUT2D eigenvalue weighted by molar-refractivity contribution is -0.115. The van der Waals surface area contributed by atoms with Crippen molar-refractivity contribution in [2.45, 2.75) is 39.5 Å². The zero-order chi connectivity index (χ0) is 14.2. The van der Waals surface area contributed by atoms with Gasteiger partial charge in [-0.1, -0.05) is 50.3 Å². The molecule has 0 heterocycles. The van der Waals surface area contributed by atoms with Crippen LogP contribution in [0.1, 0.15) is 39.5 Å². The summed E-state index contributed by atoms with van der Waals surface area (Å²) in [5, 5.41) is 0. The highest BCUT2D eigenvalue weighted by Gasteiger charge is 2.33. The van der Waals surface area contributed by atoms with Crippen LogP contribution in [0.3, 0.4) is 0 Å². The molecule has 0 atom stereocenters. The Labute approximate surface area is 114 Å². The molecular weight excluding hydrogens is 236 g/mol. The van der Waals surface area contributed by atoms with Crippen molar-refractivity contribution in [2.24, 2.45) is 5.41 Å². The summed E-state index contributed by atoms with van der Waals surface area (Å²) in [6.45, 7) is 12.0. The van der Waals surface area contributed by atoms with E-state index in [0.717, 1.165) is 0 Å². The summed E-state index contributed by atoms with van der Waals surface area (Å²) in [7, 11) is 0. The third-order valence-corrected chi connectivity index (χ3v) is 4.27. The van der Waals surface area contributed by atoms with Gasteiger partial charge in [-0.25, -0.2) is 0 Å². The van der Waals surface area contributed by atoms with E-state index in [4.69, 9.17) is 0 Å². The van der Waals surface area contributed by atoms with Crippen LogP contribution in [0.25, 0.3) is 0 Å². The molecule has 0 aliphatic heterocycles. The summed E-state index contributed by atoms with van der Waals surface area (Å²) < 4.78 is 0. The molecule has 0 radical (unpaired) electrons. The van der Waals surface area contributed by atoms with E-state index in [1.807, 2.05) is 12.2 Å². The van der Waals surface area contributed by atoms with E-state index in [2.05, 4.69) is 27.0 Å². The largest absolute Gasteiger partial charge is 0.294 e. The average Bonchev–Trinajstić information content (AvgIpc) is 2.35. The van der Waals surface area contributed by atoms with E-state index in [0.29, 0.717) is 36.8 Å². The van der Waals surface area contributed by atoms with E-state index in [1.54, 1.807) is 0 Å². The Kier molecular flexibility index (Phi) is 3.44. The minimum absolute atomic E-state index is 0.132. The van der Waals surface area contributed by atoms with Crippen LogP contribution in [0.2, 0.25) is 0 Å². The average molecular weight is 256 g/mol. The Bertz CT molecular complexity index is 494. The van der Waals surface area contributed by atoms with Crippen LogP contribution < -0.4 is 0 Å². The van der Waals surface area contributed by atoms with Crippen molar-refractivity contribution in [1.29, 1.82) is 0 Å². The van der Waals surface area contributed by atoms with Crippen molar-refractivity contribution in [3.63, 3.8) is 0 Å². The smallest absolute Gasteiger partial charge is 0.162 e. The lowest BCUT2D eigenvalue weighted by atomic mass is 9.69. The second kappa shape index (κ2) is 4.76. The van der Waals surface area contributed by atoms with Gasteiger partial charge in [0.05, 0.1) is 0 Å². The van der Waals surface area contributed by atoms with Gasteiger partial charge in [-0.15, -0.1) is 0 Å². The zero-order valence-electron chi connectivity index (χ0n) is 11.7. The fourth-order valence-corrected chi connectivity index (χ4v) is 2.68. The Balaban J connectivity index is 2.28. The van der Waals surface area contributed by atoms with Gasteiger partial charge < -0.3 is 0 Å². The van der Waals surface area contributed by atoms with E-state index in [-0.39, 0.29) is 17.0 Å². The highest BCUT2D eigenvalue weighted by molar-refractivity contribution is 5.98. The van der Waals surface area contributed by atoms with E-state index < -0.39 is 0 Å². The molecular formula is C17H20O2. The number of ketones is 2. The van der Waals surface area contributed by atoms with Crippen molar-refractivity contribution in [3.8, 4) is 0 Å². The molecule has 2 aliphatic rings. The van der Waals surface area contributed by atoms with Gasteiger partial charge in [-0.2, -0.15) is 0 Å². The number of allylic oxidation sites excluding steroid dienone is 6. The molecule has 0 saturated heterocycles. The summed E-state index contributed by atoms with van der Waals surface area (Å²) in [5.74, 6) is 0.272. The van der Waals surface area contributed by atoms with Crippen molar-refractivity contribution < 1.29 is 9.59 Å². The van der Waals surface area contributed by atoms with E-state index >= 15 is 0 Å². The Morgan fingerprint density at radius 1 is 0.895 bits per heavy atom. The van der Waals surface area contributed by atoms with Gasteiger partial charge in [-0.05, 0) is 24.0 Å². The molecule has 100 valence electrons. The summed E-state index contributed by atoms with van der Waals surface area (Å²) in [6.07, 6.45) is 6.23. The highest BCUT2D eigenvalue weighted by atomic mass is 16.1. The van der Waals surface area contributed by atoms with Gasteiger partial charge >= 0.3 is 0 Å². The van der Waals surface area contributed by atoms with Gasteiger partial charge in [0.25, 0.3) is 0 Å². The van der Waals surface area contributed by atoms with Gasteiger partial charge in [0.15, 0.2) is 11.6 Å². The fraction of sp³-hybridized carbons (Fsp3) is 0.412. The molecule has 0 aromatic rings. The first-order valence-corrected chi connectivity index (χ1v) is 6.63. The minimum atomic E-state index is -0.132. The third-order valence-electron chi connectivity index (χ3n) is 4.27. The van der Waals surface area contributed by atoms with Crippen molar-refractivity contribution in [2.75, 3.05) is 0 Å². The molecule has 0 spiro atoms. The predicted octanol–water partition coefficient (Wildman–Crippen LogP) is 3.70. The molecule has 0 aromatic carbocycles. The maximum Gasteiger partial charge on any atom is 0.162 e. The van der Waals surface area contributed by atoms with Crippen molar-refractivity contribution in [3.05, 3.63) is 47.6 Å². The van der Waals surface area contributed by atoms with Crippen LogP contribution in [0.5, 0.6) is 0 Å². The van der Waals surface area contributed by atoms with Crippen molar-refractivity contribution in [1.82, 2.24) is 0 Å². The summed E-state index contributed by atoms with van der Waals surface area (Å²) >= 11 is 0. The van der Waals surface area contributed by atoms with Gasteiger partial charge in [0, 0.05) is 18.3 Å². The second-order valence-corrected chi connectivity index (χ2v) is 5.90. The van der Waals surface area contributed by atoms with Crippen molar-refractivity contribution >= 4 is 11.6 Å². The normalized spacial score (nSPS) is 21.4. The summed E-state index contributed by atoms with van der Waals surface area (Å²) in [5.41, 5.74) is 3.71. The number of Topliss-reactive ketones (excluding diaryl/α,β-unsaturated/α-hetero) is 2. The molecule has 0 N–H and O–H groups in total. The molecule has 0 amide bonds. The fourth-order valence-electron chi connectivity index (χ4n) is 2.68. The number of hydrogen-bond donors (Lipinski definition) is 0. The van der Waals surface area contributed by atoms with Crippen LogP contribution in [-0.2, 0) is 9.59 Å². The molecule has 19 heavy (non-hydrogen) atoms. The minimum Gasteiger partial charge on any atom is -0.294 e. The molecule has 2 heteroatoms. The maximum atomic E-state index is 11.5. The number of carbonyl (C=O) groups is 2. The Hall–Kier alpha value is -1.70. The molecule has 0 unspecified atom stereocenters. The van der Waals surface area contributed by atoms with Crippen LogP contribution in [0, 0.1) is 5.41 Å². The van der Waals surface area contributed by atoms with Gasteiger partial charge in [0.2, 0.25) is 0 Å². The van der Waals surface area contributed by atoms with Crippen LogP contribution >= 0.6 is 0 Å². The molecule has 0 bridgehead atoms. The maximum absolute atomic E-state index is 11.5. The lowest BCUT2D eigenvalue weighted by Gasteiger charge is -2.35. The van der Waals surface area contributed by atoms with Gasteiger partial charge in [-0.3, -0.25) is 9.59 Å². The number of rotatable bonds is 2. The second-order valence-electron chi connectivity index (χ2n) is 5.90. The monoisotopic (exact) mass is 256 g/mol. The third kappa shape index (κ3) is 2.53. The first-order chi connectivity index (χ1) is 8.82. The topological polar surface area (TPSA) is 34.1 Å². The number of hydrogen-bond acceptors (Lipinski definition) is 2. The molecule has 0 aromatic heterocycles. The first kappa shape index (κ1) is 13.7. The summed E-state index contributed by atoms with van der Waals surface area (Å²) in [6, 6.07) is 0. The molecule has 0 fully saturated rings. The predicted molar refractivity (Wildman–Crippen MR) is 76.7 cm³/mol. The van der Waals surface area contributed by atoms with E-state index in [1.165, 1.54) is 11.1 Å². The first-order valence-electron chi connectivity index (χ1n) is 6.63. The molecule has 2 nitrogen and oxygen atoms in total. The molecule has 2 aliphatic carbocycles. The Morgan fingerprint density at radius 3 is 1.58 bits per heavy atom. The molecule has 0 saturated carbocycles. The Morgan fingerprint density at radius 2 is 1.26 bits per heavy atom. The summed E-state index contributed by atoms with van der Waals surface area (Å²) in [4.78, 5) is 23.0. The number of carbonyl (C=O) groups excluding carboxylic acids is 2. The standard InChI is InChI=1S/C17H20O2/c1-11-9-13(5-7-15(11)18)17(3,4)14-6-8-16(19)12(2)10-14/h5-6H,1-2,7-10H2,3-4H3. The van der Waals surface area contributed by atoms with Crippen LogP contribution in [0.15, 0.2) is 47.6 Å². The van der Waals surface area contributed by atoms with Crippen LogP contribution in [0.4, 0.5) is 0 Å². The lowest BCUT2D eigenvalue weighted by Crippen LogP contribution is -2.25. The molecule has 2 rings (SSSR count). The quantitative estimate of drug-likeness (QED) is 0.557. The van der Waals surface area contributed by atoms with Gasteiger partial charge in [0.1, 0.15) is 0 Å².